The summed E-state index contributed by atoms with van der Waals surface area (Å²) in [5.41, 5.74) is 0.922. The number of methoxy groups -OCH3 is 1. The first-order valence-corrected chi connectivity index (χ1v) is 10.2. The molecule has 2 heterocycles. The van der Waals surface area contributed by atoms with Gasteiger partial charge in [-0.1, -0.05) is 18.2 Å². The lowest BCUT2D eigenvalue weighted by Gasteiger charge is -2.21. The minimum Gasteiger partial charge on any atom is -0.383 e. The van der Waals surface area contributed by atoms with Crippen LogP contribution < -0.4 is 5.56 Å². The van der Waals surface area contributed by atoms with E-state index in [0.717, 1.165) is 4.70 Å². The number of hydrogen-bond acceptors (Lipinski definition) is 5. The van der Waals surface area contributed by atoms with Crippen molar-refractivity contribution in [3.8, 4) is 0 Å². The van der Waals surface area contributed by atoms with Crippen LogP contribution in [-0.2, 0) is 11.3 Å². The number of H-pyrrole nitrogens is 1. The number of hydrogen-bond donors (Lipinski definition) is 1. The van der Waals surface area contributed by atoms with Crippen molar-refractivity contribution in [2.75, 3.05) is 20.3 Å². The van der Waals surface area contributed by atoms with Crippen LogP contribution >= 0.6 is 11.3 Å². The summed E-state index contributed by atoms with van der Waals surface area (Å²) in [7, 11) is 1.55. The van der Waals surface area contributed by atoms with Gasteiger partial charge >= 0.3 is 0 Å². The zero-order valence-electron chi connectivity index (χ0n) is 16.6. The summed E-state index contributed by atoms with van der Waals surface area (Å²) in [5.74, 6) is -0.210. The number of carbonyl (C=O) groups is 1. The second-order valence-electron chi connectivity index (χ2n) is 6.92. The average Bonchev–Trinajstić information content (AvgIpc) is 3.08. The monoisotopic (exact) mass is 425 g/mol. The van der Waals surface area contributed by atoms with E-state index in [1.165, 1.54) is 17.4 Å². The van der Waals surface area contributed by atoms with Gasteiger partial charge in [0.25, 0.3) is 11.5 Å². The van der Waals surface area contributed by atoms with Crippen LogP contribution in [0.2, 0.25) is 0 Å². The van der Waals surface area contributed by atoms with Crippen LogP contribution in [0.4, 0.5) is 4.39 Å². The van der Waals surface area contributed by atoms with Crippen molar-refractivity contribution in [3.05, 3.63) is 74.9 Å². The van der Waals surface area contributed by atoms with Crippen LogP contribution in [0.15, 0.2) is 47.3 Å². The Kier molecular flexibility index (Phi) is 5.61. The lowest BCUT2D eigenvalue weighted by Crippen LogP contribution is -2.34. The largest absolute Gasteiger partial charge is 0.383 e. The van der Waals surface area contributed by atoms with E-state index in [9.17, 15) is 14.0 Å². The summed E-state index contributed by atoms with van der Waals surface area (Å²) in [6, 6.07) is 11.9. The Morgan fingerprint density at radius 3 is 2.80 bits per heavy atom. The van der Waals surface area contributed by atoms with Gasteiger partial charge in [-0.25, -0.2) is 9.37 Å². The van der Waals surface area contributed by atoms with Crippen LogP contribution in [0, 0.1) is 12.7 Å². The number of aryl methyl sites for hydroxylation is 1. The lowest BCUT2D eigenvalue weighted by molar-refractivity contribution is 0.0679. The van der Waals surface area contributed by atoms with Gasteiger partial charge in [0.05, 0.1) is 28.9 Å². The molecule has 0 atom stereocenters. The molecule has 6 nitrogen and oxygen atoms in total. The number of fused-ring (bicyclic) bond motifs is 2. The van der Waals surface area contributed by atoms with Crippen molar-refractivity contribution in [3.63, 3.8) is 0 Å². The highest BCUT2D eigenvalue weighted by molar-refractivity contribution is 7.21. The van der Waals surface area contributed by atoms with Crippen molar-refractivity contribution >= 4 is 38.2 Å². The Balaban J connectivity index is 1.71. The molecule has 2 aromatic heterocycles. The predicted octanol–water partition coefficient (Wildman–Crippen LogP) is 3.87. The van der Waals surface area contributed by atoms with Crippen LogP contribution in [0.5, 0.6) is 0 Å². The molecule has 154 valence electrons. The van der Waals surface area contributed by atoms with Crippen LogP contribution in [0.3, 0.4) is 0 Å². The fourth-order valence-corrected chi connectivity index (χ4v) is 4.64. The number of carbonyl (C=O) groups excluding carboxylic acids is 1. The first-order valence-electron chi connectivity index (χ1n) is 9.43. The topological polar surface area (TPSA) is 75.3 Å². The number of aromatic amines is 1. The average molecular weight is 425 g/mol. The molecule has 4 rings (SSSR count). The number of amides is 1. The third-order valence-corrected chi connectivity index (χ3v) is 6.20. The molecule has 0 saturated carbocycles. The molecule has 0 aliphatic rings. The Morgan fingerprint density at radius 1 is 1.23 bits per heavy atom. The summed E-state index contributed by atoms with van der Waals surface area (Å²) in [4.78, 5) is 35.0. The Hall–Kier alpha value is -3.10. The highest BCUT2D eigenvalue weighted by Crippen LogP contribution is 2.33. The zero-order chi connectivity index (χ0) is 21.3. The zero-order valence-corrected chi connectivity index (χ0v) is 17.4. The standard InChI is InChI=1S/C22H20FN3O3S/c1-13-19-15(23)7-5-9-17(19)30-20(13)22(28)26(10-11-29-2)12-18-24-16-8-4-3-6-14(16)21(27)25-18/h3-9H,10-12H2,1-2H3,(H,24,25,27). The van der Waals surface area contributed by atoms with Gasteiger partial charge in [-0.15, -0.1) is 11.3 Å². The van der Waals surface area contributed by atoms with Gasteiger partial charge in [-0.05, 0) is 36.8 Å². The van der Waals surface area contributed by atoms with E-state index in [2.05, 4.69) is 9.97 Å². The summed E-state index contributed by atoms with van der Waals surface area (Å²) < 4.78 is 20.2. The molecule has 4 aromatic rings. The maximum atomic E-state index is 14.3. The quantitative estimate of drug-likeness (QED) is 0.509. The van der Waals surface area contributed by atoms with Gasteiger partial charge in [-0.2, -0.15) is 0 Å². The fourth-order valence-electron chi connectivity index (χ4n) is 3.45. The van der Waals surface area contributed by atoms with E-state index in [1.807, 2.05) is 6.07 Å². The molecule has 0 aliphatic heterocycles. The van der Waals surface area contributed by atoms with Gasteiger partial charge in [0.1, 0.15) is 11.6 Å². The van der Waals surface area contributed by atoms with E-state index >= 15 is 0 Å². The third kappa shape index (κ3) is 3.71. The maximum absolute atomic E-state index is 14.3. The molecule has 0 aliphatic carbocycles. The highest BCUT2D eigenvalue weighted by Gasteiger charge is 2.23. The molecule has 0 unspecified atom stereocenters. The fraction of sp³-hybridized carbons (Fsp3) is 0.227. The minimum atomic E-state index is -0.343. The minimum absolute atomic E-state index is 0.110. The van der Waals surface area contributed by atoms with Gasteiger partial charge in [0, 0.05) is 23.7 Å². The van der Waals surface area contributed by atoms with E-state index < -0.39 is 0 Å². The molecular weight excluding hydrogens is 405 g/mol. The SMILES string of the molecule is COCCN(Cc1nc2ccccc2c(=O)[nH]1)C(=O)c1sc2cccc(F)c2c1C. The number of thiophene rings is 1. The van der Waals surface area contributed by atoms with Gasteiger partial charge < -0.3 is 14.6 Å². The van der Waals surface area contributed by atoms with Crippen molar-refractivity contribution in [1.82, 2.24) is 14.9 Å². The second kappa shape index (κ2) is 8.33. The number of rotatable bonds is 6. The molecular formula is C22H20FN3O3S. The number of para-hydroxylation sites is 1. The smallest absolute Gasteiger partial charge is 0.264 e. The summed E-state index contributed by atoms with van der Waals surface area (Å²) in [5, 5.41) is 0.960. The normalized spacial score (nSPS) is 11.3. The van der Waals surface area contributed by atoms with E-state index in [0.29, 0.717) is 45.7 Å². The van der Waals surface area contributed by atoms with Gasteiger partial charge in [0.2, 0.25) is 0 Å². The van der Waals surface area contributed by atoms with E-state index in [1.54, 1.807) is 49.3 Å². The van der Waals surface area contributed by atoms with E-state index in [4.69, 9.17) is 4.74 Å². The van der Waals surface area contributed by atoms with Gasteiger partial charge in [-0.3, -0.25) is 9.59 Å². The molecule has 30 heavy (non-hydrogen) atoms. The molecule has 0 radical (unpaired) electrons. The Labute approximate surface area is 175 Å². The van der Waals surface area contributed by atoms with Crippen molar-refractivity contribution in [2.24, 2.45) is 0 Å². The highest BCUT2D eigenvalue weighted by atomic mass is 32.1. The van der Waals surface area contributed by atoms with Gasteiger partial charge in [0.15, 0.2) is 0 Å². The molecule has 2 aromatic carbocycles. The lowest BCUT2D eigenvalue weighted by atomic mass is 10.1. The van der Waals surface area contributed by atoms with Crippen molar-refractivity contribution in [1.29, 1.82) is 0 Å². The molecule has 8 heteroatoms. The van der Waals surface area contributed by atoms with Crippen LogP contribution in [0.25, 0.3) is 21.0 Å². The van der Waals surface area contributed by atoms with Crippen LogP contribution in [0.1, 0.15) is 21.1 Å². The molecule has 0 bridgehead atoms. The first-order chi connectivity index (χ1) is 14.5. The third-order valence-electron chi connectivity index (χ3n) is 4.95. The Bertz CT molecular complexity index is 1300. The van der Waals surface area contributed by atoms with Crippen molar-refractivity contribution in [2.45, 2.75) is 13.5 Å². The van der Waals surface area contributed by atoms with Crippen LogP contribution in [-0.4, -0.2) is 41.0 Å². The number of ether oxygens (including phenoxy) is 1. The number of nitrogens with one attached hydrogen (secondary N) is 1. The molecule has 0 fully saturated rings. The van der Waals surface area contributed by atoms with Crippen molar-refractivity contribution < 1.29 is 13.9 Å². The first kappa shape index (κ1) is 20.2. The summed E-state index contributed by atoms with van der Waals surface area (Å²) >= 11 is 1.26. The van der Waals surface area contributed by atoms with E-state index in [-0.39, 0.29) is 23.8 Å². The summed E-state index contributed by atoms with van der Waals surface area (Å²) in [6.45, 7) is 2.49. The molecule has 1 amide bonds. The second-order valence-corrected chi connectivity index (χ2v) is 7.97. The molecule has 0 spiro atoms. The Morgan fingerprint density at radius 2 is 2.03 bits per heavy atom. The predicted molar refractivity (Wildman–Crippen MR) is 116 cm³/mol. The molecule has 1 N–H and O–H groups in total. The number of nitrogens with zero attached hydrogens (tertiary/aromatic N) is 2. The number of benzene rings is 2. The maximum Gasteiger partial charge on any atom is 0.264 e. The summed E-state index contributed by atoms with van der Waals surface area (Å²) in [6.07, 6.45) is 0. The molecule has 0 saturated heterocycles. The number of aromatic nitrogens is 2. The number of halogens is 1.